The molecular formula is C17H31NO. The van der Waals surface area contributed by atoms with Crippen LogP contribution < -0.4 is 0 Å². The van der Waals surface area contributed by atoms with Crippen LogP contribution in [0.2, 0.25) is 0 Å². The van der Waals surface area contributed by atoms with E-state index >= 15 is 0 Å². The molecule has 1 heterocycles. The van der Waals surface area contributed by atoms with Gasteiger partial charge in [-0.2, -0.15) is 0 Å². The van der Waals surface area contributed by atoms with Crippen molar-refractivity contribution in [3.05, 3.63) is 0 Å². The summed E-state index contributed by atoms with van der Waals surface area (Å²) in [5, 5.41) is 0. The van der Waals surface area contributed by atoms with Crippen molar-refractivity contribution in [1.29, 1.82) is 0 Å². The fourth-order valence-electron chi connectivity index (χ4n) is 4.22. The quantitative estimate of drug-likeness (QED) is 0.764. The van der Waals surface area contributed by atoms with Crippen LogP contribution in [0.5, 0.6) is 0 Å². The Bertz CT molecular complexity index is 326. The molecule has 19 heavy (non-hydrogen) atoms. The molecule has 2 aliphatic rings. The van der Waals surface area contributed by atoms with Gasteiger partial charge >= 0.3 is 0 Å². The van der Waals surface area contributed by atoms with Gasteiger partial charge in [0, 0.05) is 13.0 Å². The first-order valence-electron chi connectivity index (χ1n) is 8.24. The lowest BCUT2D eigenvalue weighted by molar-refractivity contribution is -0.128. The van der Waals surface area contributed by atoms with Gasteiger partial charge in [0.25, 0.3) is 0 Å². The van der Waals surface area contributed by atoms with E-state index in [0.717, 1.165) is 38.3 Å². The lowest BCUT2D eigenvalue weighted by Gasteiger charge is -2.46. The highest BCUT2D eigenvalue weighted by atomic mass is 16.1. The van der Waals surface area contributed by atoms with Crippen molar-refractivity contribution in [1.82, 2.24) is 4.90 Å². The largest absolute Gasteiger partial charge is 0.298 e. The molecule has 2 fully saturated rings. The van der Waals surface area contributed by atoms with Gasteiger partial charge in [0.1, 0.15) is 0 Å². The summed E-state index contributed by atoms with van der Waals surface area (Å²) in [6, 6.07) is 0. The van der Waals surface area contributed by atoms with E-state index in [1.165, 1.54) is 25.7 Å². The number of carbonyl (C=O) groups excluding carboxylic acids is 1. The molecular weight excluding hydrogens is 234 g/mol. The summed E-state index contributed by atoms with van der Waals surface area (Å²) in [6.45, 7) is 11.4. The van der Waals surface area contributed by atoms with E-state index in [1.54, 1.807) is 0 Å². The molecule has 110 valence electrons. The number of hydrogen-bond donors (Lipinski definition) is 0. The minimum absolute atomic E-state index is 0.0592. The zero-order valence-electron chi connectivity index (χ0n) is 13.3. The first kappa shape index (κ1) is 15.0. The number of hydrogen-bond acceptors (Lipinski definition) is 2. The summed E-state index contributed by atoms with van der Waals surface area (Å²) in [6.07, 6.45) is 7.91. The molecule has 2 nitrogen and oxygen atoms in total. The second kappa shape index (κ2) is 5.55. The van der Waals surface area contributed by atoms with Crippen molar-refractivity contribution in [2.75, 3.05) is 13.1 Å². The molecule has 0 atom stereocenters. The highest BCUT2D eigenvalue weighted by molar-refractivity contribution is 5.90. The molecule has 0 amide bonds. The minimum atomic E-state index is -0.0592. The van der Waals surface area contributed by atoms with Gasteiger partial charge in [-0.3, -0.25) is 9.69 Å². The Hall–Kier alpha value is -0.370. The van der Waals surface area contributed by atoms with Crippen LogP contribution in [0.15, 0.2) is 0 Å². The summed E-state index contributed by atoms with van der Waals surface area (Å²) in [7, 11) is 0. The van der Waals surface area contributed by atoms with Crippen LogP contribution in [-0.2, 0) is 4.79 Å². The molecule has 0 aromatic heterocycles. The Balaban J connectivity index is 2.06. The third-order valence-corrected chi connectivity index (χ3v) is 6.06. The van der Waals surface area contributed by atoms with Crippen molar-refractivity contribution >= 4 is 5.78 Å². The van der Waals surface area contributed by atoms with Crippen LogP contribution in [0.4, 0.5) is 0 Å². The lowest BCUT2D eigenvalue weighted by Crippen LogP contribution is -2.52. The molecule has 2 rings (SSSR count). The van der Waals surface area contributed by atoms with Crippen molar-refractivity contribution < 1.29 is 4.79 Å². The van der Waals surface area contributed by atoms with Crippen LogP contribution in [0.3, 0.4) is 0 Å². The molecule has 0 bridgehead atoms. The summed E-state index contributed by atoms with van der Waals surface area (Å²) in [5.41, 5.74) is 0.384. The van der Waals surface area contributed by atoms with Gasteiger partial charge in [0.2, 0.25) is 0 Å². The van der Waals surface area contributed by atoms with Gasteiger partial charge in [-0.05, 0) is 50.0 Å². The van der Waals surface area contributed by atoms with Crippen LogP contribution in [-0.4, -0.2) is 29.3 Å². The number of rotatable bonds is 4. The standard InChI is InChI=1S/C17H31NO/c1-5-12-18-13-9-15(19)17(18)10-7-14(8-11-17)16(3,4)6-2/h14H,5-13H2,1-4H3. The van der Waals surface area contributed by atoms with E-state index < -0.39 is 0 Å². The van der Waals surface area contributed by atoms with Crippen LogP contribution in [0.25, 0.3) is 0 Å². The minimum Gasteiger partial charge on any atom is -0.298 e. The molecule has 1 saturated carbocycles. The van der Waals surface area contributed by atoms with E-state index in [2.05, 4.69) is 32.6 Å². The van der Waals surface area contributed by atoms with Crippen molar-refractivity contribution in [3.8, 4) is 0 Å². The Morgan fingerprint density at radius 2 is 1.89 bits per heavy atom. The zero-order valence-corrected chi connectivity index (χ0v) is 13.3. The van der Waals surface area contributed by atoms with Crippen LogP contribution in [0, 0.1) is 11.3 Å². The van der Waals surface area contributed by atoms with Crippen molar-refractivity contribution in [3.63, 3.8) is 0 Å². The maximum Gasteiger partial charge on any atom is 0.154 e. The fourth-order valence-corrected chi connectivity index (χ4v) is 4.22. The zero-order chi connectivity index (χ0) is 14.1. The average Bonchev–Trinajstić information content (AvgIpc) is 2.69. The van der Waals surface area contributed by atoms with Crippen molar-refractivity contribution in [2.45, 2.75) is 78.2 Å². The van der Waals surface area contributed by atoms with E-state index in [-0.39, 0.29) is 5.54 Å². The van der Waals surface area contributed by atoms with Crippen LogP contribution in [0.1, 0.15) is 72.6 Å². The Morgan fingerprint density at radius 3 is 2.42 bits per heavy atom. The predicted octanol–water partition coefficient (Wildman–Crippen LogP) is 4.04. The Kier molecular flexibility index (Phi) is 4.39. The monoisotopic (exact) mass is 265 g/mol. The average molecular weight is 265 g/mol. The predicted molar refractivity (Wildman–Crippen MR) is 80.2 cm³/mol. The van der Waals surface area contributed by atoms with Gasteiger partial charge in [0.05, 0.1) is 5.54 Å². The summed E-state index contributed by atoms with van der Waals surface area (Å²) in [4.78, 5) is 14.9. The van der Waals surface area contributed by atoms with Gasteiger partial charge in [-0.25, -0.2) is 0 Å². The molecule has 1 aliphatic carbocycles. The molecule has 0 radical (unpaired) electrons. The van der Waals surface area contributed by atoms with Crippen molar-refractivity contribution in [2.24, 2.45) is 11.3 Å². The first-order valence-corrected chi connectivity index (χ1v) is 8.24. The molecule has 0 N–H and O–H groups in total. The number of ketones is 1. The maximum atomic E-state index is 12.4. The fraction of sp³-hybridized carbons (Fsp3) is 0.941. The topological polar surface area (TPSA) is 20.3 Å². The SMILES string of the molecule is CCCN1CCC(=O)C12CCC(C(C)(C)CC)CC2. The normalized spacial score (nSPS) is 33.3. The van der Waals surface area contributed by atoms with E-state index in [4.69, 9.17) is 0 Å². The Morgan fingerprint density at radius 1 is 1.26 bits per heavy atom. The summed E-state index contributed by atoms with van der Waals surface area (Å²) < 4.78 is 0. The molecule has 0 aromatic rings. The van der Waals surface area contributed by atoms with E-state index in [9.17, 15) is 4.79 Å². The molecule has 2 heteroatoms. The highest BCUT2D eigenvalue weighted by Gasteiger charge is 2.50. The third kappa shape index (κ3) is 2.61. The van der Waals surface area contributed by atoms with Gasteiger partial charge in [-0.15, -0.1) is 0 Å². The summed E-state index contributed by atoms with van der Waals surface area (Å²) in [5.74, 6) is 1.34. The molecule has 1 saturated heterocycles. The highest BCUT2D eigenvalue weighted by Crippen LogP contribution is 2.47. The second-order valence-electron chi connectivity index (χ2n) is 7.31. The second-order valence-corrected chi connectivity index (χ2v) is 7.31. The van der Waals surface area contributed by atoms with Gasteiger partial charge in [-0.1, -0.05) is 34.1 Å². The number of likely N-dealkylation sites (tertiary alicyclic amines) is 1. The number of carbonyl (C=O) groups is 1. The number of nitrogens with zero attached hydrogens (tertiary/aromatic N) is 1. The van der Waals surface area contributed by atoms with Crippen LogP contribution >= 0.6 is 0 Å². The molecule has 0 aromatic carbocycles. The molecule has 1 aliphatic heterocycles. The smallest absolute Gasteiger partial charge is 0.154 e. The molecule has 1 spiro atoms. The maximum absolute atomic E-state index is 12.4. The lowest BCUT2D eigenvalue weighted by atomic mass is 9.64. The number of Topliss-reactive ketones (excluding diaryl/α,β-unsaturated/α-hetero) is 1. The van der Waals surface area contributed by atoms with Gasteiger partial charge < -0.3 is 0 Å². The third-order valence-electron chi connectivity index (χ3n) is 6.06. The van der Waals surface area contributed by atoms with E-state index in [0.29, 0.717) is 11.2 Å². The Labute approximate surface area is 118 Å². The van der Waals surface area contributed by atoms with Gasteiger partial charge in [0.15, 0.2) is 5.78 Å². The van der Waals surface area contributed by atoms with E-state index in [1.807, 2.05) is 0 Å². The molecule has 0 unspecified atom stereocenters. The first-order chi connectivity index (χ1) is 8.96. The summed E-state index contributed by atoms with van der Waals surface area (Å²) >= 11 is 0.